The number of rotatable bonds is 9. The smallest absolute Gasteiger partial charge is 0.406 e. The van der Waals surface area contributed by atoms with Crippen molar-refractivity contribution in [1.82, 2.24) is 14.2 Å². The summed E-state index contributed by atoms with van der Waals surface area (Å²) in [6.07, 6.45) is -0.299. The van der Waals surface area contributed by atoms with E-state index < -0.39 is 22.7 Å². The van der Waals surface area contributed by atoms with Gasteiger partial charge >= 0.3 is 6.18 Å². The molecule has 4 rings (SSSR count). The Balaban J connectivity index is 1.56. The Morgan fingerprint density at radius 3 is 2.44 bits per heavy atom. The maximum Gasteiger partial charge on any atom is 0.406 e. The number of anilines is 2. The predicted molar refractivity (Wildman–Crippen MR) is 156 cm³/mol. The first kappa shape index (κ1) is 30.6. The van der Waals surface area contributed by atoms with Crippen molar-refractivity contribution in [2.45, 2.75) is 55.4 Å². The number of nitrogens with one attached hydrogen (secondary N) is 3. The lowest BCUT2D eigenvalue weighted by atomic mass is 9.90. The standard InChI is InChI=1S/C29H36F3N5O3S/c1-33-41(38,39)23-14-15-26(28(18-23)40-4)34-16-6-7-22-17-24-25(35-20-10-12-21(13-11-20)36(2)3)8-5-9-27(24)37(22)19-29(30,31)32/h5,8-9,14-15,17-18,20-21,33-35H,10-13,16,19H2,1-4H3. The van der Waals surface area contributed by atoms with Crippen LogP contribution in [0.1, 0.15) is 31.4 Å². The minimum atomic E-state index is -4.42. The van der Waals surface area contributed by atoms with Gasteiger partial charge in [-0.2, -0.15) is 13.2 Å². The fourth-order valence-electron chi connectivity index (χ4n) is 5.20. The number of benzene rings is 2. The lowest BCUT2D eigenvalue weighted by Gasteiger charge is -2.33. The molecule has 0 aliphatic heterocycles. The number of nitrogens with zero attached hydrogens (tertiary/aromatic N) is 2. The second-order valence-corrected chi connectivity index (χ2v) is 12.2. The van der Waals surface area contributed by atoms with E-state index in [0.717, 1.165) is 31.4 Å². The molecule has 0 unspecified atom stereocenters. The van der Waals surface area contributed by atoms with E-state index in [1.807, 2.05) is 6.07 Å². The maximum atomic E-state index is 13.6. The summed E-state index contributed by atoms with van der Waals surface area (Å²) in [7, 11) is 3.26. The molecule has 0 bridgehead atoms. The molecule has 1 heterocycles. The second kappa shape index (κ2) is 12.6. The Kier molecular flexibility index (Phi) is 9.41. The van der Waals surface area contributed by atoms with Crippen LogP contribution in [0.4, 0.5) is 24.5 Å². The molecular weight excluding hydrogens is 555 g/mol. The van der Waals surface area contributed by atoms with Crippen molar-refractivity contribution in [3.63, 3.8) is 0 Å². The first-order valence-corrected chi connectivity index (χ1v) is 14.9. The molecule has 1 saturated carbocycles. The Hall–Kier alpha value is -3.40. The molecule has 0 radical (unpaired) electrons. The zero-order chi connectivity index (χ0) is 29.8. The van der Waals surface area contributed by atoms with Gasteiger partial charge in [0.1, 0.15) is 12.3 Å². The number of fused-ring (bicyclic) bond motifs is 1. The Labute approximate surface area is 239 Å². The number of halogens is 3. The molecule has 1 aliphatic rings. The number of aromatic nitrogens is 1. The summed E-state index contributed by atoms with van der Waals surface area (Å²) in [6.45, 7) is -1.05. The third-order valence-electron chi connectivity index (χ3n) is 7.41. The van der Waals surface area contributed by atoms with E-state index in [1.54, 1.807) is 24.3 Å². The average molecular weight is 592 g/mol. The molecule has 3 N–H and O–H groups in total. The highest BCUT2D eigenvalue weighted by molar-refractivity contribution is 7.89. The molecule has 0 saturated heterocycles. The minimum absolute atomic E-state index is 0.0420. The van der Waals surface area contributed by atoms with Crippen LogP contribution in [0.15, 0.2) is 47.4 Å². The topological polar surface area (TPSA) is 87.6 Å². The highest BCUT2D eigenvalue weighted by atomic mass is 32.2. The van der Waals surface area contributed by atoms with E-state index in [9.17, 15) is 21.6 Å². The highest BCUT2D eigenvalue weighted by Gasteiger charge is 2.30. The Morgan fingerprint density at radius 2 is 1.80 bits per heavy atom. The van der Waals surface area contributed by atoms with Crippen LogP contribution in [0.5, 0.6) is 5.75 Å². The summed E-state index contributed by atoms with van der Waals surface area (Å²) in [4.78, 5) is 2.29. The number of alkyl halides is 3. The van der Waals surface area contributed by atoms with E-state index in [4.69, 9.17) is 4.74 Å². The van der Waals surface area contributed by atoms with Gasteiger partial charge in [0.25, 0.3) is 0 Å². The van der Waals surface area contributed by atoms with Crippen LogP contribution in [0, 0.1) is 11.8 Å². The van der Waals surface area contributed by atoms with Crippen molar-refractivity contribution < 1.29 is 26.3 Å². The summed E-state index contributed by atoms with van der Waals surface area (Å²) in [5.41, 5.74) is 2.03. The first-order chi connectivity index (χ1) is 19.4. The summed E-state index contributed by atoms with van der Waals surface area (Å²) in [5.74, 6) is 6.09. The molecule has 222 valence electrons. The number of hydrogen-bond donors (Lipinski definition) is 3. The van der Waals surface area contributed by atoms with E-state index in [1.165, 1.54) is 30.9 Å². The zero-order valence-electron chi connectivity index (χ0n) is 23.6. The van der Waals surface area contributed by atoms with Crippen LogP contribution in [0.25, 0.3) is 10.9 Å². The molecule has 1 aliphatic carbocycles. The predicted octanol–water partition coefficient (Wildman–Crippen LogP) is 4.87. The van der Waals surface area contributed by atoms with Gasteiger partial charge in [-0.1, -0.05) is 12.0 Å². The number of methoxy groups -OCH3 is 1. The van der Waals surface area contributed by atoms with Crippen molar-refractivity contribution >= 4 is 32.3 Å². The lowest BCUT2D eigenvalue weighted by Crippen LogP contribution is -2.36. The summed E-state index contributed by atoms with van der Waals surface area (Å²) >= 11 is 0. The molecule has 3 aromatic rings. The van der Waals surface area contributed by atoms with Crippen LogP contribution in [-0.4, -0.2) is 70.9 Å². The van der Waals surface area contributed by atoms with Gasteiger partial charge in [-0.3, -0.25) is 0 Å². The summed E-state index contributed by atoms with van der Waals surface area (Å²) < 4.78 is 73.6. The van der Waals surface area contributed by atoms with Crippen LogP contribution in [0.2, 0.25) is 0 Å². The second-order valence-electron chi connectivity index (χ2n) is 10.3. The molecule has 1 fully saturated rings. The van der Waals surface area contributed by atoms with E-state index in [-0.39, 0.29) is 23.2 Å². The van der Waals surface area contributed by atoms with Gasteiger partial charge in [-0.25, -0.2) is 13.1 Å². The lowest BCUT2D eigenvalue weighted by molar-refractivity contribution is -0.140. The van der Waals surface area contributed by atoms with Gasteiger partial charge in [-0.05, 0) is 83.1 Å². The third-order valence-corrected chi connectivity index (χ3v) is 8.82. The molecule has 41 heavy (non-hydrogen) atoms. The van der Waals surface area contributed by atoms with Gasteiger partial charge in [-0.15, -0.1) is 0 Å². The van der Waals surface area contributed by atoms with Crippen LogP contribution in [-0.2, 0) is 16.6 Å². The van der Waals surface area contributed by atoms with Crippen molar-refractivity contribution in [2.75, 3.05) is 45.4 Å². The van der Waals surface area contributed by atoms with Crippen LogP contribution >= 0.6 is 0 Å². The molecule has 0 atom stereocenters. The largest absolute Gasteiger partial charge is 0.495 e. The van der Waals surface area contributed by atoms with Crippen molar-refractivity contribution in [3.8, 4) is 17.6 Å². The molecule has 2 aromatic carbocycles. The normalized spacial score (nSPS) is 17.8. The van der Waals surface area contributed by atoms with E-state index in [2.05, 4.69) is 46.2 Å². The minimum Gasteiger partial charge on any atom is -0.495 e. The molecule has 8 nitrogen and oxygen atoms in total. The third kappa shape index (κ3) is 7.47. The first-order valence-electron chi connectivity index (χ1n) is 13.4. The molecule has 12 heteroatoms. The number of sulfonamides is 1. The zero-order valence-corrected chi connectivity index (χ0v) is 24.4. The van der Waals surface area contributed by atoms with Gasteiger partial charge in [0, 0.05) is 29.2 Å². The molecule has 0 spiro atoms. The van der Waals surface area contributed by atoms with Crippen molar-refractivity contribution in [1.29, 1.82) is 0 Å². The van der Waals surface area contributed by atoms with Gasteiger partial charge in [0.15, 0.2) is 0 Å². The van der Waals surface area contributed by atoms with E-state index >= 15 is 0 Å². The average Bonchev–Trinajstić information content (AvgIpc) is 3.27. The van der Waals surface area contributed by atoms with Crippen molar-refractivity contribution in [3.05, 3.63) is 48.2 Å². The van der Waals surface area contributed by atoms with Gasteiger partial charge in [0.05, 0.1) is 35.4 Å². The summed E-state index contributed by atoms with van der Waals surface area (Å²) in [5, 5.41) is 7.32. The molecular formula is C29H36F3N5O3S. The molecule has 0 amide bonds. The quantitative estimate of drug-likeness (QED) is 0.308. The number of hydrogen-bond acceptors (Lipinski definition) is 6. The monoisotopic (exact) mass is 591 g/mol. The van der Waals surface area contributed by atoms with Crippen LogP contribution < -0.4 is 20.1 Å². The SMILES string of the molecule is CNS(=O)(=O)c1ccc(NCC#Cc2cc3c(NC4CCC(N(C)C)CC4)cccc3n2CC(F)(F)F)c(OC)c1. The van der Waals surface area contributed by atoms with Gasteiger partial charge in [0.2, 0.25) is 10.0 Å². The fourth-order valence-corrected chi connectivity index (χ4v) is 5.94. The fraction of sp³-hybridized carbons (Fsp3) is 0.448. The summed E-state index contributed by atoms with van der Waals surface area (Å²) in [6, 6.07) is 12.2. The maximum absolute atomic E-state index is 13.6. The number of ether oxygens (including phenoxy) is 1. The van der Waals surface area contributed by atoms with E-state index in [0.29, 0.717) is 28.4 Å². The van der Waals surface area contributed by atoms with Crippen LogP contribution in [0.3, 0.4) is 0 Å². The molecule has 1 aromatic heterocycles. The highest BCUT2D eigenvalue weighted by Crippen LogP contribution is 2.33. The van der Waals surface area contributed by atoms with Crippen molar-refractivity contribution in [2.24, 2.45) is 0 Å². The van der Waals surface area contributed by atoms with Gasteiger partial charge < -0.3 is 24.8 Å². The Morgan fingerprint density at radius 1 is 1.07 bits per heavy atom. The Bertz CT molecular complexity index is 1530.